The Kier molecular flexibility index (Phi) is 9.50. The number of nitrogens with zero attached hydrogens (tertiary/aromatic N) is 1. The summed E-state index contributed by atoms with van der Waals surface area (Å²) in [7, 11) is 0. The van der Waals surface area contributed by atoms with E-state index in [9.17, 15) is 23.9 Å². The molecule has 1 saturated heterocycles. The number of aryl methyl sites for hydroxylation is 2. The van der Waals surface area contributed by atoms with Crippen molar-refractivity contribution in [2.45, 2.75) is 63.6 Å². The van der Waals surface area contributed by atoms with Gasteiger partial charge in [-0.2, -0.15) is 0 Å². The van der Waals surface area contributed by atoms with E-state index in [0.29, 0.717) is 12.1 Å². The first-order chi connectivity index (χ1) is 19.5. The van der Waals surface area contributed by atoms with Gasteiger partial charge in [0.25, 0.3) is 11.8 Å². The lowest BCUT2D eigenvalue weighted by Gasteiger charge is -2.33. The number of carbonyl (C=O) groups excluding carboxylic acids is 3. The van der Waals surface area contributed by atoms with Crippen LogP contribution in [0.5, 0.6) is 0 Å². The van der Waals surface area contributed by atoms with Gasteiger partial charge in [-0.1, -0.05) is 54.6 Å². The molecular formula is C32H36FN3O4S. The SMILES string of the molecule is Cc1ccccc1CNC(=O)C1N(C(=O)[C@@H](O)[C@H](Cc2ccccc2)NC(=O)c2ccc(F)cc2C)CSC1(C)C. The number of amides is 3. The predicted molar refractivity (Wildman–Crippen MR) is 159 cm³/mol. The molecule has 1 fully saturated rings. The van der Waals surface area contributed by atoms with Crippen molar-refractivity contribution in [1.82, 2.24) is 15.5 Å². The maximum absolute atomic E-state index is 13.8. The Hall–Kier alpha value is -3.69. The molecule has 41 heavy (non-hydrogen) atoms. The molecule has 0 aromatic heterocycles. The Balaban J connectivity index is 1.55. The van der Waals surface area contributed by atoms with Crippen molar-refractivity contribution in [2.24, 2.45) is 0 Å². The standard InChI is InChI=1S/C32H36FN3O4S/c1-20-10-8-9-13-23(20)18-34-30(39)28-32(3,4)41-19-36(28)31(40)27(37)26(17-22-11-6-5-7-12-22)35-29(38)25-15-14-24(33)16-21(25)2/h5-16,26-28,37H,17-19H2,1-4H3,(H,34,39)(H,35,38)/t26-,27-,28?/m0/s1. The highest BCUT2D eigenvalue weighted by molar-refractivity contribution is 8.00. The number of rotatable bonds is 9. The summed E-state index contributed by atoms with van der Waals surface area (Å²) in [5.41, 5.74) is 3.51. The minimum Gasteiger partial charge on any atom is -0.381 e. The highest BCUT2D eigenvalue weighted by Gasteiger charge is 2.49. The van der Waals surface area contributed by atoms with Crippen LogP contribution in [-0.4, -0.2) is 56.5 Å². The molecule has 9 heteroatoms. The van der Waals surface area contributed by atoms with Crippen LogP contribution < -0.4 is 10.6 Å². The van der Waals surface area contributed by atoms with Crippen molar-refractivity contribution in [1.29, 1.82) is 0 Å². The highest BCUT2D eigenvalue weighted by Crippen LogP contribution is 2.40. The van der Waals surface area contributed by atoms with E-state index in [1.165, 1.54) is 34.9 Å². The van der Waals surface area contributed by atoms with E-state index in [4.69, 9.17) is 0 Å². The molecule has 1 heterocycles. The number of hydrogen-bond donors (Lipinski definition) is 3. The molecule has 3 atom stereocenters. The predicted octanol–water partition coefficient (Wildman–Crippen LogP) is 4.14. The maximum atomic E-state index is 13.8. The van der Waals surface area contributed by atoms with Gasteiger partial charge in [-0.15, -0.1) is 11.8 Å². The smallest absolute Gasteiger partial charge is 0.254 e. The summed E-state index contributed by atoms with van der Waals surface area (Å²) in [6.45, 7) is 7.70. The highest BCUT2D eigenvalue weighted by atomic mass is 32.2. The average molecular weight is 578 g/mol. The molecule has 1 aliphatic rings. The topological polar surface area (TPSA) is 98.7 Å². The molecule has 3 aromatic rings. The Morgan fingerprint density at radius 3 is 2.39 bits per heavy atom. The van der Waals surface area contributed by atoms with Crippen LogP contribution >= 0.6 is 11.8 Å². The second-order valence-corrected chi connectivity index (χ2v) is 12.5. The zero-order valence-corrected chi connectivity index (χ0v) is 24.5. The molecule has 3 N–H and O–H groups in total. The zero-order valence-electron chi connectivity index (χ0n) is 23.7. The third-order valence-corrected chi connectivity index (χ3v) is 8.85. The molecule has 3 aromatic carbocycles. The Labute approximate surface area is 244 Å². The molecule has 4 rings (SSSR count). The van der Waals surface area contributed by atoms with Crippen molar-refractivity contribution < 1.29 is 23.9 Å². The molecule has 1 unspecified atom stereocenters. The van der Waals surface area contributed by atoms with Gasteiger partial charge in [0.05, 0.1) is 11.9 Å². The minimum atomic E-state index is -1.62. The Morgan fingerprint density at radius 1 is 1.02 bits per heavy atom. The lowest BCUT2D eigenvalue weighted by Crippen LogP contribution is -2.58. The number of hydrogen-bond acceptors (Lipinski definition) is 5. The van der Waals surface area contributed by atoms with E-state index >= 15 is 0 Å². The first-order valence-electron chi connectivity index (χ1n) is 13.5. The van der Waals surface area contributed by atoms with Gasteiger partial charge in [0.15, 0.2) is 6.10 Å². The fourth-order valence-corrected chi connectivity index (χ4v) is 6.22. The third kappa shape index (κ3) is 7.15. The summed E-state index contributed by atoms with van der Waals surface area (Å²) in [5.74, 6) is -1.73. The zero-order chi connectivity index (χ0) is 29.7. The molecular weight excluding hydrogens is 541 g/mol. The van der Waals surface area contributed by atoms with Crippen LogP contribution in [0.2, 0.25) is 0 Å². The summed E-state index contributed by atoms with van der Waals surface area (Å²) in [6.07, 6.45) is -1.45. The summed E-state index contributed by atoms with van der Waals surface area (Å²) in [5, 5.41) is 17.2. The van der Waals surface area contributed by atoms with Crippen LogP contribution in [0.1, 0.15) is 46.5 Å². The van der Waals surface area contributed by atoms with Crippen LogP contribution in [0.3, 0.4) is 0 Å². The number of aliphatic hydroxyl groups excluding tert-OH is 1. The second-order valence-electron chi connectivity index (χ2n) is 10.9. The van der Waals surface area contributed by atoms with Gasteiger partial charge < -0.3 is 20.6 Å². The van der Waals surface area contributed by atoms with Crippen LogP contribution in [0, 0.1) is 19.7 Å². The fraction of sp³-hybridized carbons (Fsp3) is 0.344. The van der Waals surface area contributed by atoms with Gasteiger partial charge in [-0.25, -0.2) is 4.39 Å². The first kappa shape index (κ1) is 30.3. The lowest BCUT2D eigenvalue weighted by atomic mass is 9.96. The van der Waals surface area contributed by atoms with E-state index in [1.54, 1.807) is 6.92 Å². The van der Waals surface area contributed by atoms with Gasteiger partial charge in [-0.3, -0.25) is 14.4 Å². The Morgan fingerprint density at radius 2 is 1.71 bits per heavy atom. The minimum absolute atomic E-state index is 0.175. The number of benzene rings is 3. The number of nitrogens with one attached hydrogen (secondary N) is 2. The van der Waals surface area contributed by atoms with Crippen LogP contribution in [0.25, 0.3) is 0 Å². The van der Waals surface area contributed by atoms with Crippen LogP contribution in [-0.2, 0) is 22.6 Å². The number of carbonyl (C=O) groups is 3. The first-order valence-corrected chi connectivity index (χ1v) is 14.5. The van der Waals surface area contributed by atoms with Crippen LogP contribution in [0.4, 0.5) is 4.39 Å². The summed E-state index contributed by atoms with van der Waals surface area (Å²) in [4.78, 5) is 41.9. The molecule has 1 aliphatic heterocycles. The monoisotopic (exact) mass is 577 g/mol. The average Bonchev–Trinajstić information content (AvgIpc) is 3.26. The van der Waals surface area contributed by atoms with E-state index in [1.807, 2.05) is 75.4 Å². The van der Waals surface area contributed by atoms with Crippen molar-refractivity contribution in [2.75, 3.05) is 5.88 Å². The summed E-state index contributed by atoms with van der Waals surface area (Å²) in [6, 6.07) is 19.0. The van der Waals surface area contributed by atoms with Gasteiger partial charge in [-0.05, 0) is 74.6 Å². The van der Waals surface area contributed by atoms with Crippen molar-refractivity contribution in [3.8, 4) is 0 Å². The molecule has 0 spiro atoms. The quantitative estimate of drug-likeness (QED) is 0.355. The second kappa shape index (κ2) is 12.9. The fourth-order valence-electron chi connectivity index (χ4n) is 5.08. The number of aliphatic hydroxyl groups is 1. The van der Waals surface area contributed by atoms with E-state index in [-0.39, 0.29) is 23.8 Å². The maximum Gasteiger partial charge on any atom is 0.254 e. The molecule has 216 valence electrons. The molecule has 0 aliphatic carbocycles. The summed E-state index contributed by atoms with van der Waals surface area (Å²) < 4.78 is 13.0. The lowest BCUT2D eigenvalue weighted by molar-refractivity contribution is -0.147. The van der Waals surface area contributed by atoms with Crippen LogP contribution in [0.15, 0.2) is 72.8 Å². The van der Waals surface area contributed by atoms with E-state index in [2.05, 4.69) is 10.6 Å². The number of halogens is 1. The van der Waals surface area contributed by atoms with Gasteiger partial charge in [0, 0.05) is 16.9 Å². The molecule has 0 saturated carbocycles. The molecule has 0 radical (unpaired) electrons. The molecule has 7 nitrogen and oxygen atoms in total. The Bertz CT molecular complexity index is 1420. The van der Waals surface area contributed by atoms with E-state index < -0.39 is 40.6 Å². The number of thioether (sulfide) groups is 1. The summed E-state index contributed by atoms with van der Waals surface area (Å²) >= 11 is 1.45. The van der Waals surface area contributed by atoms with Crippen molar-refractivity contribution in [3.05, 3.63) is 106 Å². The van der Waals surface area contributed by atoms with Gasteiger partial charge in [0.2, 0.25) is 5.91 Å². The molecule has 3 amide bonds. The molecule has 0 bridgehead atoms. The van der Waals surface area contributed by atoms with Crippen molar-refractivity contribution >= 4 is 29.5 Å². The van der Waals surface area contributed by atoms with Gasteiger partial charge >= 0.3 is 0 Å². The normalized spacial score (nSPS) is 17.5. The third-order valence-electron chi connectivity index (χ3n) is 7.47. The van der Waals surface area contributed by atoms with E-state index in [0.717, 1.165) is 16.7 Å². The largest absolute Gasteiger partial charge is 0.381 e. The van der Waals surface area contributed by atoms with Crippen molar-refractivity contribution in [3.63, 3.8) is 0 Å². The van der Waals surface area contributed by atoms with Gasteiger partial charge in [0.1, 0.15) is 11.9 Å².